The third-order valence-electron chi connectivity index (χ3n) is 4.55. The number of rotatable bonds is 6. The second-order valence-electron chi connectivity index (χ2n) is 5.81. The second kappa shape index (κ2) is 5.77. The van der Waals surface area contributed by atoms with Gasteiger partial charge < -0.3 is 5.11 Å². The number of carboxylic acid groups (broad SMARTS) is 1. The molecule has 2 rings (SSSR count). The molecule has 5 nitrogen and oxygen atoms in total. The van der Waals surface area contributed by atoms with Crippen LogP contribution in [0.2, 0.25) is 0 Å². The first-order valence-electron chi connectivity index (χ1n) is 7.13. The van der Waals surface area contributed by atoms with Crippen molar-refractivity contribution in [2.24, 2.45) is 5.41 Å². The zero-order chi connectivity index (χ0) is 15.7. The van der Waals surface area contributed by atoms with Crippen LogP contribution in [0.5, 0.6) is 0 Å². The lowest BCUT2D eigenvalue weighted by Gasteiger charge is -2.41. The van der Waals surface area contributed by atoms with Crippen molar-refractivity contribution < 1.29 is 18.3 Å². The minimum Gasteiger partial charge on any atom is -0.478 e. The number of aryl methyl sites for hydroxylation is 1. The summed E-state index contributed by atoms with van der Waals surface area (Å²) < 4.78 is 27.3. The molecule has 1 aliphatic carbocycles. The highest BCUT2D eigenvalue weighted by Crippen LogP contribution is 2.43. The highest BCUT2D eigenvalue weighted by molar-refractivity contribution is 7.89. The normalized spacial score (nSPS) is 17.2. The zero-order valence-corrected chi connectivity index (χ0v) is 13.2. The largest absolute Gasteiger partial charge is 0.478 e. The van der Waals surface area contributed by atoms with Crippen LogP contribution in [0.3, 0.4) is 0 Å². The van der Waals surface area contributed by atoms with Gasteiger partial charge in [0.1, 0.15) is 0 Å². The summed E-state index contributed by atoms with van der Waals surface area (Å²) >= 11 is 0. The zero-order valence-electron chi connectivity index (χ0n) is 12.3. The number of carbonyl (C=O) groups is 1. The number of hydrogen-bond acceptors (Lipinski definition) is 3. The Morgan fingerprint density at radius 3 is 2.52 bits per heavy atom. The van der Waals surface area contributed by atoms with Gasteiger partial charge in [0, 0.05) is 6.54 Å². The van der Waals surface area contributed by atoms with E-state index in [4.69, 9.17) is 5.11 Å². The molecular formula is C15H21NO4S. The van der Waals surface area contributed by atoms with Crippen molar-refractivity contribution in [1.29, 1.82) is 0 Å². The molecule has 0 amide bonds. The van der Waals surface area contributed by atoms with E-state index in [2.05, 4.69) is 11.6 Å². The smallest absolute Gasteiger partial charge is 0.335 e. The molecule has 0 radical (unpaired) electrons. The van der Waals surface area contributed by atoms with Gasteiger partial charge in [-0.1, -0.05) is 19.4 Å². The standard InChI is InChI=1S/C15H21NO4S/c1-3-15(7-4-8-15)10-16-21(19,20)12-6-5-11(2)13(9-12)14(17)18/h5-6,9,16H,3-4,7-8,10H2,1-2H3,(H,17,18). The summed E-state index contributed by atoms with van der Waals surface area (Å²) in [4.78, 5) is 11.1. The Morgan fingerprint density at radius 2 is 2.05 bits per heavy atom. The van der Waals surface area contributed by atoms with Crippen LogP contribution in [0.1, 0.15) is 48.5 Å². The van der Waals surface area contributed by atoms with Gasteiger partial charge in [-0.15, -0.1) is 0 Å². The van der Waals surface area contributed by atoms with Crippen LogP contribution in [0.15, 0.2) is 23.1 Å². The number of carboxylic acids is 1. The van der Waals surface area contributed by atoms with Crippen LogP contribution in [-0.2, 0) is 10.0 Å². The average Bonchev–Trinajstić information content (AvgIpc) is 2.37. The summed E-state index contributed by atoms with van der Waals surface area (Å²) in [5.41, 5.74) is 0.644. The lowest BCUT2D eigenvalue weighted by molar-refractivity contribution is 0.0696. The molecule has 0 aliphatic heterocycles. The fraction of sp³-hybridized carbons (Fsp3) is 0.533. The first-order valence-corrected chi connectivity index (χ1v) is 8.62. The van der Waals surface area contributed by atoms with Gasteiger partial charge in [0.2, 0.25) is 10.0 Å². The van der Waals surface area contributed by atoms with Gasteiger partial charge in [-0.3, -0.25) is 0 Å². The fourth-order valence-corrected chi connectivity index (χ4v) is 3.85. The van der Waals surface area contributed by atoms with Crippen molar-refractivity contribution in [3.8, 4) is 0 Å². The van der Waals surface area contributed by atoms with Gasteiger partial charge in [-0.2, -0.15) is 0 Å². The van der Waals surface area contributed by atoms with E-state index in [9.17, 15) is 13.2 Å². The molecule has 1 fully saturated rings. The van der Waals surface area contributed by atoms with E-state index in [1.165, 1.54) is 18.2 Å². The summed E-state index contributed by atoms with van der Waals surface area (Å²) in [6.07, 6.45) is 4.17. The number of benzene rings is 1. The monoisotopic (exact) mass is 311 g/mol. The number of hydrogen-bond donors (Lipinski definition) is 2. The van der Waals surface area contributed by atoms with Crippen LogP contribution >= 0.6 is 0 Å². The lowest BCUT2D eigenvalue weighted by Crippen LogP contribution is -2.41. The van der Waals surface area contributed by atoms with Crippen molar-refractivity contribution in [3.63, 3.8) is 0 Å². The van der Waals surface area contributed by atoms with Gasteiger partial charge in [-0.05, 0) is 49.3 Å². The highest BCUT2D eigenvalue weighted by atomic mass is 32.2. The average molecular weight is 311 g/mol. The molecule has 0 atom stereocenters. The molecule has 0 heterocycles. The summed E-state index contributed by atoms with van der Waals surface area (Å²) in [6.45, 7) is 4.14. The predicted molar refractivity (Wildman–Crippen MR) is 79.9 cm³/mol. The van der Waals surface area contributed by atoms with E-state index >= 15 is 0 Å². The molecule has 0 unspecified atom stereocenters. The number of sulfonamides is 1. The summed E-state index contributed by atoms with van der Waals surface area (Å²) in [6, 6.07) is 4.19. The van der Waals surface area contributed by atoms with Crippen LogP contribution in [0.4, 0.5) is 0 Å². The lowest BCUT2D eigenvalue weighted by atomic mass is 9.67. The van der Waals surface area contributed by atoms with Crippen molar-refractivity contribution in [2.45, 2.75) is 44.4 Å². The fourth-order valence-electron chi connectivity index (χ4n) is 2.66. The maximum Gasteiger partial charge on any atom is 0.335 e. The summed E-state index contributed by atoms with van der Waals surface area (Å²) in [5.74, 6) is -1.12. The third-order valence-corrected chi connectivity index (χ3v) is 5.95. The second-order valence-corrected chi connectivity index (χ2v) is 7.58. The molecule has 1 aromatic carbocycles. The van der Waals surface area contributed by atoms with Gasteiger partial charge in [0.05, 0.1) is 10.5 Å². The molecule has 21 heavy (non-hydrogen) atoms. The maximum atomic E-state index is 12.3. The number of nitrogens with one attached hydrogen (secondary N) is 1. The highest BCUT2D eigenvalue weighted by Gasteiger charge is 2.36. The SMILES string of the molecule is CCC1(CNS(=O)(=O)c2ccc(C)c(C(=O)O)c2)CCC1. The van der Waals surface area contributed by atoms with Crippen LogP contribution in [0, 0.1) is 12.3 Å². The van der Waals surface area contributed by atoms with E-state index in [0.717, 1.165) is 25.7 Å². The Kier molecular flexibility index (Phi) is 4.39. The van der Waals surface area contributed by atoms with E-state index < -0.39 is 16.0 Å². The van der Waals surface area contributed by atoms with Crippen molar-refractivity contribution in [2.75, 3.05) is 6.54 Å². The van der Waals surface area contributed by atoms with E-state index in [0.29, 0.717) is 12.1 Å². The van der Waals surface area contributed by atoms with Gasteiger partial charge >= 0.3 is 5.97 Å². The van der Waals surface area contributed by atoms with Gasteiger partial charge in [-0.25, -0.2) is 17.9 Å². The quantitative estimate of drug-likeness (QED) is 0.845. The third kappa shape index (κ3) is 3.27. The van der Waals surface area contributed by atoms with Crippen molar-refractivity contribution >= 4 is 16.0 Å². The van der Waals surface area contributed by atoms with Crippen LogP contribution < -0.4 is 4.72 Å². The molecule has 0 bridgehead atoms. The molecule has 6 heteroatoms. The summed E-state index contributed by atoms with van der Waals surface area (Å²) in [7, 11) is -3.67. The molecule has 0 saturated heterocycles. The predicted octanol–water partition coefficient (Wildman–Crippen LogP) is 2.55. The topological polar surface area (TPSA) is 83.5 Å². The molecule has 1 aromatic rings. The van der Waals surface area contributed by atoms with Crippen LogP contribution in [0.25, 0.3) is 0 Å². The Hall–Kier alpha value is -1.40. The maximum absolute atomic E-state index is 12.3. The Labute approximate surface area is 125 Å². The first kappa shape index (κ1) is 16.0. The van der Waals surface area contributed by atoms with E-state index in [-0.39, 0.29) is 15.9 Å². The summed E-state index contributed by atoms with van der Waals surface area (Å²) in [5, 5.41) is 9.08. The van der Waals surface area contributed by atoms with Gasteiger partial charge in [0.25, 0.3) is 0 Å². The molecule has 1 aliphatic rings. The minimum absolute atomic E-state index is 0.0103. The molecule has 0 spiro atoms. The molecular weight excluding hydrogens is 290 g/mol. The first-order chi connectivity index (χ1) is 9.80. The van der Waals surface area contributed by atoms with E-state index in [1.807, 2.05) is 0 Å². The Bertz CT molecular complexity index is 642. The molecule has 1 saturated carbocycles. The minimum atomic E-state index is -3.67. The molecule has 2 N–H and O–H groups in total. The van der Waals surface area contributed by atoms with Crippen molar-refractivity contribution in [1.82, 2.24) is 4.72 Å². The van der Waals surface area contributed by atoms with Crippen molar-refractivity contribution in [3.05, 3.63) is 29.3 Å². The molecule has 116 valence electrons. The number of aromatic carboxylic acids is 1. The van der Waals surface area contributed by atoms with Crippen LogP contribution in [-0.4, -0.2) is 26.0 Å². The van der Waals surface area contributed by atoms with E-state index in [1.54, 1.807) is 6.92 Å². The Morgan fingerprint density at radius 1 is 1.38 bits per heavy atom. The molecule has 0 aromatic heterocycles. The Balaban J connectivity index is 2.20. The van der Waals surface area contributed by atoms with Gasteiger partial charge in [0.15, 0.2) is 0 Å².